The molecule has 1 fully saturated rings. The Labute approximate surface area is 204 Å². The van der Waals surface area contributed by atoms with Crippen molar-refractivity contribution < 1.29 is 9.59 Å². The SMILES string of the molecule is O=C(CCCC(=O)c1ccc(C2=CCCC=C2)cc1)Nc1cccc(C2CCCCCCC2)c1. The third kappa shape index (κ3) is 7.03. The minimum absolute atomic E-state index is 0.0195. The molecule has 34 heavy (non-hydrogen) atoms. The van der Waals surface area contributed by atoms with E-state index in [1.165, 1.54) is 56.1 Å². The Bertz CT molecular complexity index is 1020. The van der Waals surface area contributed by atoms with E-state index >= 15 is 0 Å². The Morgan fingerprint density at radius 2 is 1.62 bits per heavy atom. The zero-order chi connectivity index (χ0) is 23.6. The molecule has 3 heteroatoms. The number of nitrogens with one attached hydrogen (secondary N) is 1. The fraction of sp³-hybridized carbons (Fsp3) is 0.419. The highest BCUT2D eigenvalue weighted by atomic mass is 16.1. The van der Waals surface area contributed by atoms with Gasteiger partial charge in [-0.3, -0.25) is 9.59 Å². The number of ketones is 1. The van der Waals surface area contributed by atoms with Gasteiger partial charge in [-0.1, -0.05) is 86.7 Å². The number of anilines is 1. The highest BCUT2D eigenvalue weighted by Crippen LogP contribution is 2.32. The first kappa shape index (κ1) is 24.2. The van der Waals surface area contributed by atoms with Crippen LogP contribution in [0.2, 0.25) is 0 Å². The summed E-state index contributed by atoms with van der Waals surface area (Å²) in [6.07, 6.45) is 19.2. The van der Waals surface area contributed by atoms with Gasteiger partial charge in [0.05, 0.1) is 0 Å². The van der Waals surface area contributed by atoms with Gasteiger partial charge in [-0.15, -0.1) is 0 Å². The molecule has 0 saturated heterocycles. The van der Waals surface area contributed by atoms with Crippen molar-refractivity contribution in [1.82, 2.24) is 0 Å². The second kappa shape index (κ2) is 12.5. The molecule has 2 aromatic rings. The average Bonchev–Trinajstić information content (AvgIpc) is 2.84. The molecule has 1 amide bonds. The number of allylic oxidation sites excluding steroid dienone is 4. The monoisotopic (exact) mass is 455 g/mol. The van der Waals surface area contributed by atoms with Crippen LogP contribution in [0, 0.1) is 0 Å². The predicted molar refractivity (Wildman–Crippen MR) is 141 cm³/mol. The molecule has 2 aliphatic carbocycles. The van der Waals surface area contributed by atoms with Crippen LogP contribution < -0.4 is 5.32 Å². The molecule has 1 saturated carbocycles. The maximum absolute atomic E-state index is 12.6. The van der Waals surface area contributed by atoms with Crippen LogP contribution in [0.4, 0.5) is 5.69 Å². The van der Waals surface area contributed by atoms with Crippen molar-refractivity contribution in [3.63, 3.8) is 0 Å². The van der Waals surface area contributed by atoms with Gasteiger partial charge in [0.25, 0.3) is 0 Å². The van der Waals surface area contributed by atoms with Gasteiger partial charge >= 0.3 is 0 Å². The summed E-state index contributed by atoms with van der Waals surface area (Å²) in [5, 5.41) is 3.04. The summed E-state index contributed by atoms with van der Waals surface area (Å²) in [4.78, 5) is 25.1. The molecular weight excluding hydrogens is 418 g/mol. The fourth-order valence-corrected chi connectivity index (χ4v) is 5.11. The van der Waals surface area contributed by atoms with Crippen molar-refractivity contribution in [2.45, 2.75) is 83.0 Å². The van der Waals surface area contributed by atoms with Gasteiger partial charge in [-0.2, -0.15) is 0 Å². The zero-order valence-corrected chi connectivity index (χ0v) is 20.2. The lowest BCUT2D eigenvalue weighted by molar-refractivity contribution is -0.116. The normalized spacial score (nSPS) is 16.9. The van der Waals surface area contributed by atoms with E-state index in [-0.39, 0.29) is 11.7 Å². The first-order valence-electron chi connectivity index (χ1n) is 13.1. The van der Waals surface area contributed by atoms with Gasteiger partial charge in [-0.25, -0.2) is 0 Å². The second-order valence-corrected chi connectivity index (χ2v) is 9.71. The second-order valence-electron chi connectivity index (χ2n) is 9.71. The average molecular weight is 456 g/mol. The topological polar surface area (TPSA) is 46.2 Å². The first-order valence-corrected chi connectivity index (χ1v) is 13.1. The quantitative estimate of drug-likeness (QED) is 0.407. The largest absolute Gasteiger partial charge is 0.326 e. The molecule has 0 heterocycles. The van der Waals surface area contributed by atoms with E-state index in [0.29, 0.717) is 25.2 Å². The number of rotatable bonds is 8. The van der Waals surface area contributed by atoms with E-state index in [1.807, 2.05) is 30.3 Å². The number of hydrogen-bond acceptors (Lipinski definition) is 2. The van der Waals surface area contributed by atoms with Crippen LogP contribution >= 0.6 is 0 Å². The molecule has 0 radical (unpaired) electrons. The molecule has 0 spiro atoms. The van der Waals surface area contributed by atoms with Crippen LogP contribution in [-0.4, -0.2) is 11.7 Å². The van der Waals surface area contributed by atoms with Crippen LogP contribution in [0.3, 0.4) is 0 Å². The Morgan fingerprint density at radius 3 is 2.35 bits per heavy atom. The van der Waals surface area contributed by atoms with Crippen molar-refractivity contribution in [3.05, 3.63) is 83.4 Å². The lowest BCUT2D eigenvalue weighted by atomic mass is 9.86. The summed E-state index contributed by atoms with van der Waals surface area (Å²) in [6.45, 7) is 0. The summed E-state index contributed by atoms with van der Waals surface area (Å²) < 4.78 is 0. The Hall–Kier alpha value is -2.94. The van der Waals surface area contributed by atoms with Gasteiger partial charge in [-0.05, 0) is 66.9 Å². The molecule has 1 N–H and O–H groups in total. The van der Waals surface area contributed by atoms with Gasteiger partial charge in [0, 0.05) is 24.1 Å². The maximum Gasteiger partial charge on any atom is 0.224 e. The minimum Gasteiger partial charge on any atom is -0.326 e. The Balaban J connectivity index is 1.24. The maximum atomic E-state index is 12.6. The van der Waals surface area contributed by atoms with Crippen molar-refractivity contribution in [3.8, 4) is 0 Å². The molecule has 0 aromatic heterocycles. The van der Waals surface area contributed by atoms with E-state index in [2.05, 4.69) is 41.7 Å². The molecule has 3 nitrogen and oxygen atoms in total. The van der Waals surface area contributed by atoms with Crippen LogP contribution in [-0.2, 0) is 4.79 Å². The van der Waals surface area contributed by atoms with Crippen LogP contribution in [0.15, 0.2) is 66.8 Å². The van der Waals surface area contributed by atoms with E-state index in [1.54, 1.807) is 0 Å². The van der Waals surface area contributed by atoms with E-state index in [9.17, 15) is 9.59 Å². The molecule has 0 atom stereocenters. The van der Waals surface area contributed by atoms with Crippen molar-refractivity contribution in [2.75, 3.05) is 5.32 Å². The molecule has 4 rings (SSSR count). The highest BCUT2D eigenvalue weighted by Gasteiger charge is 2.15. The number of carbonyl (C=O) groups excluding carboxylic acids is 2. The van der Waals surface area contributed by atoms with Gasteiger partial charge in [0.1, 0.15) is 0 Å². The van der Waals surface area contributed by atoms with Crippen LogP contribution in [0.1, 0.15) is 104 Å². The standard InChI is InChI=1S/C31H37NO2/c33-30(27-21-19-26(20-22-27)24-11-7-4-8-12-24)17-10-18-31(34)32-29-16-9-15-28(23-29)25-13-5-2-1-3-6-14-25/h7,9,11-12,15-16,19-23,25H,1-6,8,10,13-14,17-18H2,(H,32,34). The van der Waals surface area contributed by atoms with Gasteiger partial charge in [0.15, 0.2) is 5.78 Å². The molecule has 0 unspecified atom stereocenters. The summed E-state index contributed by atoms with van der Waals surface area (Å²) in [5.74, 6) is 0.680. The van der Waals surface area contributed by atoms with Crippen molar-refractivity contribution in [1.29, 1.82) is 0 Å². The lowest BCUT2D eigenvalue weighted by Gasteiger charge is -2.20. The van der Waals surface area contributed by atoms with Crippen LogP contribution in [0.5, 0.6) is 0 Å². The molecular formula is C31H37NO2. The fourth-order valence-electron chi connectivity index (χ4n) is 5.11. The summed E-state index contributed by atoms with van der Waals surface area (Å²) in [7, 11) is 0. The number of hydrogen-bond donors (Lipinski definition) is 1. The minimum atomic E-state index is -0.0195. The molecule has 0 aliphatic heterocycles. The molecule has 0 bridgehead atoms. The van der Waals surface area contributed by atoms with E-state index in [0.717, 1.165) is 29.7 Å². The lowest BCUT2D eigenvalue weighted by Crippen LogP contribution is -2.12. The van der Waals surface area contributed by atoms with Crippen LogP contribution in [0.25, 0.3) is 5.57 Å². The van der Waals surface area contributed by atoms with Crippen molar-refractivity contribution >= 4 is 23.0 Å². The van der Waals surface area contributed by atoms with E-state index < -0.39 is 0 Å². The number of carbonyl (C=O) groups is 2. The van der Waals surface area contributed by atoms with E-state index in [4.69, 9.17) is 0 Å². The number of benzene rings is 2. The van der Waals surface area contributed by atoms with Gasteiger partial charge < -0.3 is 5.32 Å². The highest BCUT2D eigenvalue weighted by molar-refractivity contribution is 5.97. The number of amides is 1. The summed E-state index contributed by atoms with van der Waals surface area (Å²) >= 11 is 0. The Kier molecular flexibility index (Phi) is 8.90. The molecule has 2 aromatic carbocycles. The smallest absolute Gasteiger partial charge is 0.224 e. The third-order valence-electron chi connectivity index (χ3n) is 7.09. The van der Waals surface area contributed by atoms with Crippen molar-refractivity contribution in [2.24, 2.45) is 0 Å². The summed E-state index contributed by atoms with van der Waals surface area (Å²) in [6, 6.07) is 16.2. The third-order valence-corrected chi connectivity index (χ3v) is 7.09. The first-order chi connectivity index (χ1) is 16.7. The Morgan fingerprint density at radius 1 is 0.853 bits per heavy atom. The van der Waals surface area contributed by atoms with Gasteiger partial charge in [0.2, 0.25) is 5.91 Å². The summed E-state index contributed by atoms with van der Waals surface area (Å²) in [5.41, 5.74) is 5.31. The predicted octanol–water partition coefficient (Wildman–Crippen LogP) is 8.24. The molecule has 2 aliphatic rings. The number of Topliss-reactive ketones (excluding diaryl/α,β-unsaturated/α-hetero) is 1. The molecule has 178 valence electrons. The zero-order valence-electron chi connectivity index (χ0n) is 20.2.